The maximum atomic E-state index is 12.1. The van der Waals surface area contributed by atoms with Crippen LogP contribution in [0.2, 0.25) is 0 Å². The van der Waals surface area contributed by atoms with Gasteiger partial charge in [-0.2, -0.15) is 0 Å². The summed E-state index contributed by atoms with van der Waals surface area (Å²) < 4.78 is 46.1. The molecular weight excluding hydrogens is 271 g/mol. The summed E-state index contributed by atoms with van der Waals surface area (Å²) in [5.74, 6) is 0. The van der Waals surface area contributed by atoms with Crippen molar-refractivity contribution in [3.63, 3.8) is 0 Å². The molecule has 0 aliphatic rings. The van der Waals surface area contributed by atoms with Gasteiger partial charge in [-0.15, -0.1) is 0 Å². The third kappa shape index (κ3) is 4.89. The molecule has 1 rings (SSSR count). The fourth-order valence-corrected chi connectivity index (χ4v) is 2.61. The second-order valence-corrected chi connectivity index (χ2v) is 6.32. The first-order valence-electron chi connectivity index (χ1n) is 6.04. The van der Waals surface area contributed by atoms with E-state index in [-0.39, 0.29) is 24.7 Å². The molecule has 0 aliphatic carbocycles. The zero-order chi connectivity index (χ0) is 14.3. The Morgan fingerprint density at radius 3 is 2.37 bits per heavy atom. The van der Waals surface area contributed by atoms with E-state index in [1.807, 2.05) is 6.92 Å². The fourth-order valence-electron chi connectivity index (χ4n) is 1.44. The number of sulfone groups is 1. The highest BCUT2D eigenvalue weighted by atomic mass is 32.2. The molecule has 0 aromatic heterocycles. The van der Waals surface area contributed by atoms with Crippen molar-refractivity contribution in [2.45, 2.75) is 24.2 Å². The SMILES string of the molecule is Cc1ccc(S(=O)(=O)C(C)OCCOCCF)cc1. The van der Waals surface area contributed by atoms with E-state index in [1.165, 1.54) is 6.92 Å². The van der Waals surface area contributed by atoms with Crippen LogP contribution in [0.3, 0.4) is 0 Å². The third-order valence-corrected chi connectivity index (χ3v) is 4.53. The van der Waals surface area contributed by atoms with Crippen molar-refractivity contribution in [1.29, 1.82) is 0 Å². The molecule has 0 fully saturated rings. The summed E-state index contributed by atoms with van der Waals surface area (Å²) in [6, 6.07) is 6.60. The largest absolute Gasteiger partial charge is 0.376 e. The van der Waals surface area contributed by atoms with Crippen molar-refractivity contribution in [1.82, 2.24) is 0 Å². The summed E-state index contributed by atoms with van der Waals surface area (Å²) in [7, 11) is -3.50. The van der Waals surface area contributed by atoms with Gasteiger partial charge in [0.05, 0.1) is 24.7 Å². The Morgan fingerprint density at radius 2 is 1.79 bits per heavy atom. The van der Waals surface area contributed by atoms with E-state index in [2.05, 4.69) is 0 Å². The van der Waals surface area contributed by atoms with E-state index in [0.29, 0.717) is 0 Å². The molecule has 108 valence electrons. The van der Waals surface area contributed by atoms with Crippen LogP contribution in [-0.2, 0) is 19.3 Å². The first-order chi connectivity index (χ1) is 8.98. The van der Waals surface area contributed by atoms with Gasteiger partial charge in [0.2, 0.25) is 9.84 Å². The monoisotopic (exact) mass is 290 g/mol. The van der Waals surface area contributed by atoms with Crippen LogP contribution in [0.1, 0.15) is 12.5 Å². The predicted molar refractivity (Wildman–Crippen MR) is 70.6 cm³/mol. The fraction of sp³-hybridized carbons (Fsp3) is 0.538. The molecule has 0 amide bonds. The molecule has 0 saturated heterocycles. The summed E-state index contributed by atoms with van der Waals surface area (Å²) >= 11 is 0. The average molecular weight is 290 g/mol. The maximum absolute atomic E-state index is 12.1. The van der Waals surface area contributed by atoms with Gasteiger partial charge < -0.3 is 9.47 Å². The van der Waals surface area contributed by atoms with E-state index in [0.717, 1.165) is 5.56 Å². The number of aryl methyl sites for hydroxylation is 1. The van der Waals surface area contributed by atoms with E-state index < -0.39 is 21.9 Å². The lowest BCUT2D eigenvalue weighted by Crippen LogP contribution is -2.23. The highest BCUT2D eigenvalue weighted by Crippen LogP contribution is 2.17. The Kier molecular flexibility index (Phi) is 6.41. The molecule has 0 saturated carbocycles. The van der Waals surface area contributed by atoms with Crippen LogP contribution in [0, 0.1) is 6.92 Å². The Bertz CT molecular complexity index is 470. The first kappa shape index (κ1) is 16.1. The van der Waals surface area contributed by atoms with Gasteiger partial charge in [-0.3, -0.25) is 0 Å². The molecular formula is C13H19FO4S. The quantitative estimate of drug-likeness (QED) is 0.688. The number of hydrogen-bond donors (Lipinski definition) is 0. The molecule has 4 nitrogen and oxygen atoms in total. The van der Waals surface area contributed by atoms with E-state index in [1.54, 1.807) is 24.3 Å². The number of halogens is 1. The molecule has 1 unspecified atom stereocenters. The second kappa shape index (κ2) is 7.57. The second-order valence-electron chi connectivity index (χ2n) is 4.10. The lowest BCUT2D eigenvalue weighted by Gasteiger charge is -2.14. The zero-order valence-corrected chi connectivity index (χ0v) is 12.0. The minimum Gasteiger partial charge on any atom is -0.376 e. The summed E-state index contributed by atoms with van der Waals surface area (Å²) in [4.78, 5) is 0.232. The predicted octanol–water partition coefficient (Wildman–Crippen LogP) is 2.12. The summed E-state index contributed by atoms with van der Waals surface area (Å²) in [5, 5.41) is 0. The number of rotatable bonds is 8. The molecule has 6 heteroatoms. The number of hydrogen-bond acceptors (Lipinski definition) is 4. The Morgan fingerprint density at radius 1 is 1.16 bits per heavy atom. The normalized spacial score (nSPS) is 13.4. The lowest BCUT2D eigenvalue weighted by atomic mass is 10.2. The molecule has 0 heterocycles. The highest BCUT2D eigenvalue weighted by Gasteiger charge is 2.23. The minimum absolute atomic E-state index is 0.00243. The molecule has 19 heavy (non-hydrogen) atoms. The Balaban J connectivity index is 2.54. The number of benzene rings is 1. The number of alkyl halides is 1. The highest BCUT2D eigenvalue weighted by molar-refractivity contribution is 7.91. The van der Waals surface area contributed by atoms with Crippen LogP contribution in [0.4, 0.5) is 4.39 Å². The topological polar surface area (TPSA) is 52.6 Å². The summed E-state index contributed by atoms with van der Waals surface area (Å²) in [6.07, 6.45) is 0. The standard InChI is InChI=1S/C13H19FO4S/c1-11-3-5-13(6-4-11)19(15,16)12(2)18-10-9-17-8-7-14/h3-6,12H,7-10H2,1-2H3. The van der Waals surface area contributed by atoms with Crippen LogP contribution in [0.25, 0.3) is 0 Å². The van der Waals surface area contributed by atoms with Gasteiger partial charge in [-0.25, -0.2) is 12.8 Å². The molecule has 1 atom stereocenters. The molecule has 0 bridgehead atoms. The van der Waals surface area contributed by atoms with Crippen molar-refractivity contribution in [2.24, 2.45) is 0 Å². The zero-order valence-electron chi connectivity index (χ0n) is 11.1. The summed E-state index contributed by atoms with van der Waals surface area (Å²) in [5.41, 5.74) is 0.0383. The van der Waals surface area contributed by atoms with Gasteiger partial charge in [-0.05, 0) is 26.0 Å². The molecule has 0 spiro atoms. The van der Waals surface area contributed by atoms with Crippen LogP contribution in [0.15, 0.2) is 29.2 Å². The molecule has 0 aliphatic heterocycles. The minimum atomic E-state index is -3.50. The van der Waals surface area contributed by atoms with Crippen molar-refractivity contribution in [3.05, 3.63) is 29.8 Å². The van der Waals surface area contributed by atoms with E-state index in [4.69, 9.17) is 9.47 Å². The van der Waals surface area contributed by atoms with Gasteiger partial charge in [0.25, 0.3) is 0 Å². The van der Waals surface area contributed by atoms with Gasteiger partial charge >= 0.3 is 0 Å². The smallest absolute Gasteiger partial charge is 0.204 e. The van der Waals surface area contributed by atoms with Crippen molar-refractivity contribution >= 4 is 9.84 Å². The third-order valence-electron chi connectivity index (χ3n) is 2.59. The van der Waals surface area contributed by atoms with Gasteiger partial charge in [0.15, 0.2) is 5.44 Å². The van der Waals surface area contributed by atoms with Crippen molar-refractivity contribution in [3.8, 4) is 0 Å². The lowest BCUT2D eigenvalue weighted by molar-refractivity contribution is 0.0352. The average Bonchev–Trinajstić information content (AvgIpc) is 2.38. The molecule has 0 N–H and O–H groups in total. The Hall–Kier alpha value is -0.980. The molecule has 1 aromatic rings. The van der Waals surface area contributed by atoms with E-state index in [9.17, 15) is 12.8 Å². The summed E-state index contributed by atoms with van der Waals surface area (Å²) in [6.45, 7) is 3.10. The van der Waals surface area contributed by atoms with Crippen LogP contribution in [0.5, 0.6) is 0 Å². The van der Waals surface area contributed by atoms with Crippen molar-refractivity contribution in [2.75, 3.05) is 26.5 Å². The van der Waals surface area contributed by atoms with Crippen LogP contribution in [-0.4, -0.2) is 40.3 Å². The maximum Gasteiger partial charge on any atom is 0.204 e. The van der Waals surface area contributed by atoms with Gasteiger partial charge in [0.1, 0.15) is 6.67 Å². The van der Waals surface area contributed by atoms with Crippen LogP contribution >= 0.6 is 0 Å². The van der Waals surface area contributed by atoms with Gasteiger partial charge in [0, 0.05) is 0 Å². The van der Waals surface area contributed by atoms with Crippen molar-refractivity contribution < 1.29 is 22.3 Å². The van der Waals surface area contributed by atoms with Crippen LogP contribution < -0.4 is 0 Å². The van der Waals surface area contributed by atoms with E-state index >= 15 is 0 Å². The molecule has 0 radical (unpaired) electrons. The van der Waals surface area contributed by atoms with Gasteiger partial charge in [-0.1, -0.05) is 17.7 Å². The molecule has 1 aromatic carbocycles. The Labute approximate surface area is 113 Å². The first-order valence-corrected chi connectivity index (χ1v) is 7.59. The number of ether oxygens (including phenoxy) is 2.